The Kier molecular flexibility index (Phi) is 5.60. The molecule has 2 nitrogen and oxygen atoms in total. The van der Waals surface area contributed by atoms with Crippen molar-refractivity contribution >= 4 is 11.6 Å². The van der Waals surface area contributed by atoms with Crippen LogP contribution in [0.5, 0.6) is 0 Å². The number of benzene rings is 2. The van der Waals surface area contributed by atoms with Crippen molar-refractivity contribution in [1.82, 2.24) is 5.32 Å². The van der Waals surface area contributed by atoms with Gasteiger partial charge in [-0.15, -0.1) is 0 Å². The van der Waals surface area contributed by atoms with E-state index in [0.29, 0.717) is 6.61 Å². The van der Waals surface area contributed by atoms with E-state index < -0.39 is 0 Å². The Bertz CT molecular complexity index is 539. The van der Waals surface area contributed by atoms with Crippen LogP contribution in [0, 0.1) is 0 Å². The summed E-state index contributed by atoms with van der Waals surface area (Å²) in [6.45, 7) is 3.64. The van der Waals surface area contributed by atoms with E-state index in [9.17, 15) is 0 Å². The zero-order chi connectivity index (χ0) is 14.4. The molecule has 1 atom stereocenters. The first kappa shape index (κ1) is 15.0. The van der Waals surface area contributed by atoms with Gasteiger partial charge in [-0.1, -0.05) is 48.0 Å². The van der Waals surface area contributed by atoms with Gasteiger partial charge in [0.05, 0.1) is 6.61 Å². The Labute approximate surface area is 125 Å². The minimum Gasteiger partial charge on any atom is -0.380 e. The molecule has 0 unspecified atom stereocenters. The summed E-state index contributed by atoms with van der Waals surface area (Å²) < 4.78 is 5.11. The summed E-state index contributed by atoms with van der Waals surface area (Å²) in [5.41, 5.74) is 3.66. The van der Waals surface area contributed by atoms with E-state index in [-0.39, 0.29) is 6.04 Å². The van der Waals surface area contributed by atoms with Crippen molar-refractivity contribution in [3.05, 3.63) is 70.2 Å². The van der Waals surface area contributed by atoms with E-state index in [4.69, 9.17) is 16.3 Å². The van der Waals surface area contributed by atoms with Gasteiger partial charge in [-0.25, -0.2) is 0 Å². The maximum atomic E-state index is 6.01. The highest BCUT2D eigenvalue weighted by atomic mass is 35.5. The van der Waals surface area contributed by atoms with E-state index in [0.717, 1.165) is 11.6 Å². The number of hydrogen-bond acceptors (Lipinski definition) is 2. The molecule has 2 aromatic carbocycles. The second-order valence-electron chi connectivity index (χ2n) is 4.91. The molecule has 20 heavy (non-hydrogen) atoms. The molecule has 106 valence electrons. The molecule has 2 aromatic rings. The van der Waals surface area contributed by atoms with Crippen molar-refractivity contribution in [3.8, 4) is 0 Å². The molecule has 0 bridgehead atoms. The van der Waals surface area contributed by atoms with Gasteiger partial charge in [0.15, 0.2) is 0 Å². The lowest BCUT2D eigenvalue weighted by Gasteiger charge is -2.15. The fraction of sp³-hybridized carbons (Fsp3) is 0.294. The van der Waals surface area contributed by atoms with Crippen LogP contribution in [0.25, 0.3) is 0 Å². The lowest BCUT2D eigenvalue weighted by molar-refractivity contribution is 0.185. The predicted octanol–water partition coefficient (Wildman–Crippen LogP) is 4.34. The first-order valence-electron chi connectivity index (χ1n) is 6.74. The quantitative estimate of drug-likeness (QED) is 0.854. The Morgan fingerprint density at radius 3 is 2.45 bits per heavy atom. The van der Waals surface area contributed by atoms with E-state index in [2.05, 4.69) is 42.6 Å². The average Bonchev–Trinajstić information content (AvgIpc) is 2.46. The van der Waals surface area contributed by atoms with Crippen molar-refractivity contribution in [2.24, 2.45) is 0 Å². The monoisotopic (exact) mass is 289 g/mol. The lowest BCUT2D eigenvalue weighted by atomic mass is 10.1. The van der Waals surface area contributed by atoms with Gasteiger partial charge >= 0.3 is 0 Å². The topological polar surface area (TPSA) is 21.3 Å². The highest BCUT2D eigenvalue weighted by Gasteiger charge is 2.05. The second-order valence-corrected chi connectivity index (χ2v) is 5.34. The number of nitrogens with one attached hydrogen (secondary N) is 1. The summed E-state index contributed by atoms with van der Waals surface area (Å²) in [6.07, 6.45) is 0. The molecule has 0 radical (unpaired) electrons. The van der Waals surface area contributed by atoms with Crippen LogP contribution in [0.2, 0.25) is 5.02 Å². The van der Waals surface area contributed by atoms with Crippen molar-refractivity contribution < 1.29 is 4.74 Å². The highest BCUT2D eigenvalue weighted by Crippen LogP contribution is 2.17. The first-order valence-corrected chi connectivity index (χ1v) is 7.12. The number of rotatable bonds is 6. The molecule has 0 fully saturated rings. The third kappa shape index (κ3) is 4.34. The summed E-state index contributed by atoms with van der Waals surface area (Å²) in [5.74, 6) is 0. The van der Waals surface area contributed by atoms with Crippen LogP contribution < -0.4 is 5.32 Å². The van der Waals surface area contributed by atoms with Gasteiger partial charge in [-0.3, -0.25) is 0 Å². The van der Waals surface area contributed by atoms with E-state index >= 15 is 0 Å². The Morgan fingerprint density at radius 2 is 1.80 bits per heavy atom. The molecule has 0 aliphatic carbocycles. The molecule has 0 aliphatic heterocycles. The zero-order valence-corrected chi connectivity index (χ0v) is 12.7. The van der Waals surface area contributed by atoms with Gasteiger partial charge < -0.3 is 10.1 Å². The van der Waals surface area contributed by atoms with Gasteiger partial charge in [0.1, 0.15) is 0 Å². The van der Waals surface area contributed by atoms with Crippen molar-refractivity contribution in [3.63, 3.8) is 0 Å². The molecular formula is C17H20ClNO. The number of hydrogen-bond donors (Lipinski definition) is 1. The molecular weight excluding hydrogens is 270 g/mol. The van der Waals surface area contributed by atoms with Crippen LogP contribution in [0.3, 0.4) is 0 Å². The van der Waals surface area contributed by atoms with Crippen molar-refractivity contribution in [2.75, 3.05) is 7.11 Å². The van der Waals surface area contributed by atoms with Crippen LogP contribution >= 0.6 is 11.6 Å². The Hall–Kier alpha value is -1.35. The number of ether oxygens (including phenoxy) is 1. The standard InChI is InChI=1S/C17H20ClNO/c1-13(16-4-3-5-17(18)10-16)19-11-14-6-8-15(9-7-14)12-20-2/h3-10,13,19H,11-12H2,1-2H3/t13-/m0/s1. The molecule has 2 rings (SSSR count). The fourth-order valence-corrected chi connectivity index (χ4v) is 2.28. The number of halogens is 1. The van der Waals surface area contributed by atoms with Crippen LogP contribution in [-0.4, -0.2) is 7.11 Å². The fourth-order valence-electron chi connectivity index (χ4n) is 2.08. The second kappa shape index (κ2) is 7.44. The van der Waals surface area contributed by atoms with Crippen molar-refractivity contribution in [1.29, 1.82) is 0 Å². The third-order valence-electron chi connectivity index (χ3n) is 3.30. The molecule has 0 spiro atoms. The molecule has 3 heteroatoms. The van der Waals surface area contributed by atoms with Gasteiger partial charge in [0.2, 0.25) is 0 Å². The molecule has 0 saturated heterocycles. The molecule has 0 saturated carbocycles. The van der Waals surface area contributed by atoms with Crippen LogP contribution in [0.1, 0.15) is 29.7 Å². The average molecular weight is 290 g/mol. The zero-order valence-electron chi connectivity index (χ0n) is 11.9. The van der Waals surface area contributed by atoms with Gasteiger partial charge in [0, 0.05) is 24.7 Å². The smallest absolute Gasteiger partial charge is 0.0713 e. The molecule has 1 N–H and O–H groups in total. The van der Waals surface area contributed by atoms with E-state index in [1.54, 1.807) is 7.11 Å². The van der Waals surface area contributed by atoms with Gasteiger partial charge in [-0.05, 0) is 35.7 Å². The SMILES string of the molecule is COCc1ccc(CN[C@@H](C)c2cccc(Cl)c2)cc1. The molecule has 0 aliphatic rings. The summed E-state index contributed by atoms with van der Waals surface area (Å²) in [6, 6.07) is 16.7. The summed E-state index contributed by atoms with van der Waals surface area (Å²) in [4.78, 5) is 0. The summed E-state index contributed by atoms with van der Waals surface area (Å²) in [7, 11) is 1.71. The van der Waals surface area contributed by atoms with Crippen LogP contribution in [-0.2, 0) is 17.9 Å². The first-order chi connectivity index (χ1) is 9.69. The molecule has 0 amide bonds. The van der Waals surface area contributed by atoms with Gasteiger partial charge in [-0.2, -0.15) is 0 Å². The normalized spacial score (nSPS) is 12.3. The minimum atomic E-state index is 0.271. The van der Waals surface area contributed by atoms with E-state index in [1.807, 2.05) is 18.2 Å². The van der Waals surface area contributed by atoms with Crippen LogP contribution in [0.4, 0.5) is 0 Å². The summed E-state index contributed by atoms with van der Waals surface area (Å²) >= 11 is 6.01. The van der Waals surface area contributed by atoms with Gasteiger partial charge in [0.25, 0.3) is 0 Å². The Morgan fingerprint density at radius 1 is 1.10 bits per heavy atom. The largest absolute Gasteiger partial charge is 0.380 e. The van der Waals surface area contributed by atoms with E-state index in [1.165, 1.54) is 16.7 Å². The number of methoxy groups -OCH3 is 1. The minimum absolute atomic E-state index is 0.271. The van der Waals surface area contributed by atoms with Crippen LogP contribution in [0.15, 0.2) is 48.5 Å². The molecule has 0 heterocycles. The van der Waals surface area contributed by atoms with Crippen molar-refractivity contribution in [2.45, 2.75) is 26.1 Å². The Balaban J connectivity index is 1.91. The third-order valence-corrected chi connectivity index (χ3v) is 3.53. The predicted molar refractivity (Wildman–Crippen MR) is 83.9 cm³/mol. The molecule has 0 aromatic heterocycles. The maximum absolute atomic E-state index is 6.01. The highest BCUT2D eigenvalue weighted by molar-refractivity contribution is 6.30. The lowest BCUT2D eigenvalue weighted by Crippen LogP contribution is -2.18. The maximum Gasteiger partial charge on any atom is 0.0713 e. The summed E-state index contributed by atoms with van der Waals surface area (Å²) in [5, 5.41) is 4.28.